The average Bonchev–Trinajstić information content (AvgIpc) is 3.44. The van der Waals surface area contributed by atoms with Crippen molar-refractivity contribution in [3.05, 3.63) is 41.1 Å². The van der Waals surface area contributed by atoms with Crippen LogP contribution in [0, 0.1) is 0 Å². The van der Waals surface area contributed by atoms with Gasteiger partial charge in [0, 0.05) is 43.7 Å². The third-order valence-electron chi connectivity index (χ3n) is 5.45. The maximum atomic E-state index is 14.0. The lowest BCUT2D eigenvalue weighted by atomic mass is 10.1. The SMILES string of the molecule is CN(C(=O)c1cc(-c2cnn(-c3c(OC(F)F)c(C(F)(F)C(F)(F)F)nn3C)c2)cnc1Cl)C1CC1. The number of rotatable bonds is 7. The van der Waals surface area contributed by atoms with Crippen molar-refractivity contribution in [2.24, 2.45) is 7.05 Å². The molecule has 1 aliphatic carbocycles. The van der Waals surface area contributed by atoms with Gasteiger partial charge >= 0.3 is 18.7 Å². The van der Waals surface area contributed by atoms with E-state index >= 15 is 0 Å². The summed E-state index contributed by atoms with van der Waals surface area (Å²) in [5.41, 5.74) is -1.46. The smallest absolute Gasteiger partial charge is 0.428 e. The molecule has 3 aromatic heterocycles. The molecule has 0 saturated heterocycles. The first-order valence-electron chi connectivity index (χ1n) is 10.2. The highest BCUT2D eigenvalue weighted by Crippen LogP contribution is 2.48. The number of alkyl halides is 7. The van der Waals surface area contributed by atoms with Crippen LogP contribution in [-0.2, 0) is 13.0 Å². The molecule has 0 atom stereocenters. The Morgan fingerprint density at radius 1 is 1.19 bits per heavy atom. The van der Waals surface area contributed by atoms with Crippen LogP contribution in [0.15, 0.2) is 24.7 Å². The fraction of sp³-hybridized carbons (Fsp3) is 0.400. The zero-order valence-electron chi connectivity index (χ0n) is 18.4. The molecular weight excluding hydrogens is 525 g/mol. The molecule has 1 aliphatic rings. The van der Waals surface area contributed by atoms with Crippen LogP contribution in [0.4, 0.5) is 30.7 Å². The highest BCUT2D eigenvalue weighted by atomic mass is 35.5. The van der Waals surface area contributed by atoms with E-state index in [-0.39, 0.29) is 33.8 Å². The van der Waals surface area contributed by atoms with Crippen LogP contribution in [0.5, 0.6) is 5.75 Å². The standard InChI is InChI=1S/C20H16ClF7N6O2/c1-32(11-3-4-11)17(35)12-5-9(6-29-15(12)21)10-7-30-34(8-10)16-13(36-18(22)23)14(31-33(16)2)19(24,25)20(26,27)28/h5-8,11,18H,3-4H2,1-2H3. The van der Waals surface area contributed by atoms with Gasteiger partial charge in [0.15, 0.2) is 17.3 Å². The van der Waals surface area contributed by atoms with Gasteiger partial charge in [-0.1, -0.05) is 11.6 Å². The van der Waals surface area contributed by atoms with Crippen molar-refractivity contribution in [3.63, 3.8) is 0 Å². The van der Waals surface area contributed by atoms with E-state index in [4.69, 9.17) is 11.6 Å². The molecule has 1 saturated carbocycles. The Labute approximate surface area is 203 Å². The Hall–Kier alpha value is -3.36. The van der Waals surface area contributed by atoms with Crippen LogP contribution in [-0.4, -0.2) is 61.2 Å². The van der Waals surface area contributed by atoms with E-state index in [9.17, 15) is 35.5 Å². The van der Waals surface area contributed by atoms with Crippen LogP contribution in [0.3, 0.4) is 0 Å². The molecule has 0 aromatic carbocycles. The van der Waals surface area contributed by atoms with E-state index in [1.165, 1.54) is 17.2 Å². The van der Waals surface area contributed by atoms with Crippen LogP contribution in [0.2, 0.25) is 5.15 Å². The number of hydrogen-bond donors (Lipinski definition) is 0. The topological polar surface area (TPSA) is 78.1 Å². The Balaban J connectivity index is 1.76. The fourth-order valence-corrected chi connectivity index (χ4v) is 3.63. The zero-order valence-corrected chi connectivity index (χ0v) is 19.2. The maximum absolute atomic E-state index is 14.0. The lowest BCUT2D eigenvalue weighted by molar-refractivity contribution is -0.291. The molecule has 0 N–H and O–H groups in total. The summed E-state index contributed by atoms with van der Waals surface area (Å²) in [6.07, 6.45) is -0.856. The van der Waals surface area contributed by atoms with Crippen molar-refractivity contribution in [1.29, 1.82) is 0 Å². The largest absolute Gasteiger partial charge is 0.459 e. The molecule has 1 fully saturated rings. The number of hydrogen-bond acceptors (Lipinski definition) is 5. The van der Waals surface area contributed by atoms with E-state index < -0.39 is 36.0 Å². The first-order chi connectivity index (χ1) is 16.7. The number of amides is 1. The number of ether oxygens (including phenoxy) is 1. The summed E-state index contributed by atoms with van der Waals surface area (Å²) in [7, 11) is 2.57. The minimum absolute atomic E-state index is 0.0677. The number of nitrogens with zero attached hydrogens (tertiary/aromatic N) is 6. The predicted octanol–water partition coefficient (Wildman–Crippen LogP) is 4.81. The van der Waals surface area contributed by atoms with Crippen LogP contribution in [0.25, 0.3) is 16.9 Å². The van der Waals surface area contributed by atoms with Gasteiger partial charge in [0.2, 0.25) is 0 Å². The maximum Gasteiger partial charge on any atom is 0.459 e. The highest BCUT2D eigenvalue weighted by molar-refractivity contribution is 6.32. The Morgan fingerprint density at radius 3 is 2.44 bits per heavy atom. The molecule has 1 amide bonds. The minimum Gasteiger partial charge on any atom is -0.428 e. The van der Waals surface area contributed by atoms with Crippen molar-refractivity contribution in [2.45, 2.75) is 37.6 Å². The second-order valence-electron chi connectivity index (χ2n) is 7.96. The molecule has 0 aliphatic heterocycles. The lowest BCUT2D eigenvalue weighted by Gasteiger charge is -2.18. The van der Waals surface area contributed by atoms with Crippen molar-refractivity contribution in [3.8, 4) is 22.7 Å². The number of halogens is 8. The number of pyridine rings is 1. The van der Waals surface area contributed by atoms with Gasteiger partial charge in [-0.15, -0.1) is 0 Å². The molecule has 3 aromatic rings. The van der Waals surface area contributed by atoms with Crippen molar-refractivity contribution < 1.29 is 40.3 Å². The molecule has 194 valence electrons. The second-order valence-corrected chi connectivity index (χ2v) is 8.32. The molecule has 4 rings (SSSR count). The summed E-state index contributed by atoms with van der Waals surface area (Å²) in [5.74, 6) is -8.19. The highest BCUT2D eigenvalue weighted by Gasteiger charge is 2.62. The number of carbonyl (C=O) groups is 1. The predicted molar refractivity (Wildman–Crippen MR) is 110 cm³/mol. The number of aryl methyl sites for hydroxylation is 1. The summed E-state index contributed by atoms with van der Waals surface area (Å²) in [5, 5.41) is 6.90. The Bertz CT molecular complexity index is 1300. The molecule has 0 spiro atoms. The zero-order chi connectivity index (χ0) is 26.6. The van der Waals surface area contributed by atoms with Gasteiger partial charge in [-0.05, 0) is 18.9 Å². The molecular formula is C20H16ClF7N6O2. The molecule has 0 unspecified atom stereocenters. The van der Waals surface area contributed by atoms with E-state index in [1.807, 2.05) is 0 Å². The van der Waals surface area contributed by atoms with Gasteiger partial charge < -0.3 is 9.64 Å². The minimum atomic E-state index is -6.13. The summed E-state index contributed by atoms with van der Waals surface area (Å²) >= 11 is 6.08. The summed E-state index contributed by atoms with van der Waals surface area (Å²) in [4.78, 5) is 18.2. The van der Waals surface area contributed by atoms with E-state index in [0.717, 1.165) is 37.0 Å². The quantitative estimate of drug-likeness (QED) is 0.317. The third-order valence-corrected chi connectivity index (χ3v) is 5.75. The molecule has 16 heteroatoms. The number of aromatic nitrogens is 5. The van der Waals surface area contributed by atoms with Crippen molar-refractivity contribution in [2.75, 3.05) is 7.05 Å². The summed E-state index contributed by atoms with van der Waals surface area (Å²) < 4.78 is 98.1. The summed E-state index contributed by atoms with van der Waals surface area (Å²) in [6.45, 7) is -3.73. The Morgan fingerprint density at radius 2 is 1.86 bits per heavy atom. The van der Waals surface area contributed by atoms with Gasteiger partial charge in [0.25, 0.3) is 5.91 Å². The van der Waals surface area contributed by atoms with Crippen molar-refractivity contribution in [1.82, 2.24) is 29.4 Å². The van der Waals surface area contributed by atoms with Gasteiger partial charge in [0.05, 0.1) is 11.8 Å². The average molecular weight is 541 g/mol. The van der Waals surface area contributed by atoms with Crippen LogP contribution in [0.1, 0.15) is 28.9 Å². The normalized spacial score (nSPS) is 14.4. The second kappa shape index (κ2) is 8.94. The molecule has 3 heterocycles. The first kappa shape index (κ1) is 25.7. The van der Waals surface area contributed by atoms with Gasteiger partial charge in [0.1, 0.15) is 5.15 Å². The third kappa shape index (κ3) is 4.58. The van der Waals surface area contributed by atoms with Crippen LogP contribution < -0.4 is 4.74 Å². The van der Waals surface area contributed by atoms with Crippen molar-refractivity contribution >= 4 is 17.5 Å². The van der Waals surface area contributed by atoms with Crippen LogP contribution >= 0.6 is 11.6 Å². The van der Waals surface area contributed by atoms with E-state index in [1.54, 1.807) is 7.05 Å². The molecule has 0 radical (unpaired) electrons. The monoisotopic (exact) mass is 540 g/mol. The van der Waals surface area contributed by atoms with Gasteiger partial charge in [-0.2, -0.15) is 40.9 Å². The first-order valence-corrected chi connectivity index (χ1v) is 10.5. The molecule has 0 bridgehead atoms. The van der Waals surface area contributed by atoms with Gasteiger partial charge in [-0.3, -0.25) is 4.79 Å². The molecule has 36 heavy (non-hydrogen) atoms. The fourth-order valence-electron chi connectivity index (χ4n) is 3.45. The summed E-state index contributed by atoms with van der Waals surface area (Å²) in [6, 6.07) is 1.49. The Kier molecular flexibility index (Phi) is 6.39. The van der Waals surface area contributed by atoms with Gasteiger partial charge in [-0.25, -0.2) is 14.3 Å². The van der Waals surface area contributed by atoms with E-state index in [0.29, 0.717) is 4.68 Å². The molecule has 8 nitrogen and oxygen atoms in total. The van der Waals surface area contributed by atoms with E-state index in [2.05, 4.69) is 19.9 Å². The lowest BCUT2D eigenvalue weighted by Crippen LogP contribution is -2.34. The number of carbonyl (C=O) groups excluding carboxylic acids is 1.